The summed E-state index contributed by atoms with van der Waals surface area (Å²) in [6.45, 7) is 5.91. The Hall–Kier alpha value is -0.0400. The molecule has 0 saturated heterocycles. The molecule has 1 rings (SSSR count). The summed E-state index contributed by atoms with van der Waals surface area (Å²) >= 11 is 0. The summed E-state index contributed by atoms with van der Waals surface area (Å²) in [5.41, 5.74) is 0. The summed E-state index contributed by atoms with van der Waals surface area (Å²) in [5, 5.41) is 3.73. The van der Waals surface area contributed by atoms with Gasteiger partial charge in [0.15, 0.2) is 0 Å². The molecule has 0 aromatic carbocycles. The molecule has 1 aliphatic carbocycles. The van der Waals surface area contributed by atoms with Gasteiger partial charge >= 0.3 is 0 Å². The molecular formula is C15H31N. The molecule has 1 saturated carbocycles. The predicted molar refractivity (Wildman–Crippen MR) is 72.8 cm³/mol. The Morgan fingerprint density at radius 3 is 2.38 bits per heavy atom. The highest BCUT2D eigenvalue weighted by Gasteiger charge is 2.18. The van der Waals surface area contributed by atoms with Gasteiger partial charge < -0.3 is 5.32 Å². The van der Waals surface area contributed by atoms with Crippen LogP contribution in [0, 0.1) is 5.92 Å². The molecule has 1 nitrogen and oxygen atoms in total. The highest BCUT2D eigenvalue weighted by molar-refractivity contribution is 4.75. The fourth-order valence-corrected chi connectivity index (χ4v) is 2.86. The van der Waals surface area contributed by atoms with Crippen molar-refractivity contribution in [3.05, 3.63) is 0 Å². The van der Waals surface area contributed by atoms with Crippen molar-refractivity contribution in [2.24, 2.45) is 5.92 Å². The van der Waals surface area contributed by atoms with Crippen LogP contribution in [0.5, 0.6) is 0 Å². The number of nitrogens with one attached hydrogen (secondary N) is 1. The van der Waals surface area contributed by atoms with Gasteiger partial charge in [-0.15, -0.1) is 0 Å². The van der Waals surface area contributed by atoms with Crippen LogP contribution in [0.4, 0.5) is 0 Å². The largest absolute Gasteiger partial charge is 0.314 e. The molecule has 0 unspecified atom stereocenters. The van der Waals surface area contributed by atoms with E-state index in [0.29, 0.717) is 0 Å². The fraction of sp³-hybridized carbons (Fsp3) is 1.00. The SMILES string of the molecule is CCCCCCCN[C@@H](C)C1CCCCC1. The normalized spacial score (nSPS) is 19.9. The maximum atomic E-state index is 3.73. The zero-order chi connectivity index (χ0) is 11.6. The van der Waals surface area contributed by atoms with Crippen LogP contribution in [0.1, 0.15) is 78.1 Å². The maximum absolute atomic E-state index is 3.73. The Kier molecular flexibility index (Phi) is 7.92. The van der Waals surface area contributed by atoms with Gasteiger partial charge in [0.2, 0.25) is 0 Å². The second-order valence-electron chi connectivity index (χ2n) is 5.56. The van der Waals surface area contributed by atoms with Gasteiger partial charge in [0.1, 0.15) is 0 Å². The lowest BCUT2D eigenvalue weighted by molar-refractivity contribution is 0.281. The van der Waals surface area contributed by atoms with E-state index in [1.54, 1.807) is 0 Å². The first-order chi connectivity index (χ1) is 7.84. The Morgan fingerprint density at radius 2 is 1.69 bits per heavy atom. The molecule has 0 radical (unpaired) electrons. The van der Waals surface area contributed by atoms with Crippen LogP contribution in [0.15, 0.2) is 0 Å². The van der Waals surface area contributed by atoms with E-state index >= 15 is 0 Å². The summed E-state index contributed by atoms with van der Waals surface area (Å²) in [6.07, 6.45) is 14.3. The van der Waals surface area contributed by atoms with E-state index in [1.807, 2.05) is 0 Å². The van der Waals surface area contributed by atoms with E-state index in [1.165, 1.54) is 70.8 Å². The Morgan fingerprint density at radius 1 is 1.00 bits per heavy atom. The van der Waals surface area contributed by atoms with Gasteiger partial charge in [-0.1, -0.05) is 51.9 Å². The minimum absolute atomic E-state index is 0.756. The van der Waals surface area contributed by atoms with Crippen molar-refractivity contribution in [2.45, 2.75) is 84.1 Å². The molecule has 1 fully saturated rings. The van der Waals surface area contributed by atoms with Crippen molar-refractivity contribution < 1.29 is 0 Å². The zero-order valence-corrected chi connectivity index (χ0v) is 11.4. The van der Waals surface area contributed by atoms with Gasteiger partial charge in [-0.3, -0.25) is 0 Å². The summed E-state index contributed by atoms with van der Waals surface area (Å²) in [5.74, 6) is 0.962. The lowest BCUT2D eigenvalue weighted by atomic mass is 9.84. The first-order valence-electron chi connectivity index (χ1n) is 7.58. The first-order valence-corrected chi connectivity index (χ1v) is 7.58. The molecule has 0 aliphatic heterocycles. The molecule has 1 aliphatic rings. The monoisotopic (exact) mass is 225 g/mol. The average Bonchev–Trinajstić information content (AvgIpc) is 2.34. The van der Waals surface area contributed by atoms with Crippen LogP contribution in [0.25, 0.3) is 0 Å². The van der Waals surface area contributed by atoms with Crippen LogP contribution in [-0.4, -0.2) is 12.6 Å². The van der Waals surface area contributed by atoms with E-state index in [-0.39, 0.29) is 0 Å². The van der Waals surface area contributed by atoms with Crippen molar-refractivity contribution in [2.75, 3.05) is 6.54 Å². The molecular weight excluding hydrogens is 194 g/mol. The van der Waals surface area contributed by atoms with Crippen molar-refractivity contribution in [3.63, 3.8) is 0 Å². The quantitative estimate of drug-likeness (QED) is 0.599. The van der Waals surface area contributed by atoms with Gasteiger partial charge in [-0.25, -0.2) is 0 Å². The zero-order valence-electron chi connectivity index (χ0n) is 11.4. The van der Waals surface area contributed by atoms with Crippen molar-refractivity contribution in [3.8, 4) is 0 Å². The lowest BCUT2D eigenvalue weighted by Gasteiger charge is -2.28. The van der Waals surface area contributed by atoms with Crippen LogP contribution in [0.3, 0.4) is 0 Å². The molecule has 96 valence electrons. The third-order valence-electron chi connectivity index (χ3n) is 4.10. The summed E-state index contributed by atoms with van der Waals surface area (Å²) in [7, 11) is 0. The first kappa shape index (κ1) is 14.0. The Bertz CT molecular complexity index is 150. The van der Waals surface area contributed by atoms with Crippen molar-refractivity contribution >= 4 is 0 Å². The average molecular weight is 225 g/mol. The second kappa shape index (κ2) is 9.04. The van der Waals surface area contributed by atoms with Crippen LogP contribution >= 0.6 is 0 Å². The molecule has 1 atom stereocenters. The van der Waals surface area contributed by atoms with E-state index in [0.717, 1.165) is 12.0 Å². The van der Waals surface area contributed by atoms with E-state index in [2.05, 4.69) is 19.2 Å². The van der Waals surface area contributed by atoms with Gasteiger partial charge in [0, 0.05) is 6.04 Å². The smallest absolute Gasteiger partial charge is 0.00669 e. The summed E-state index contributed by atoms with van der Waals surface area (Å²) < 4.78 is 0. The van der Waals surface area contributed by atoms with Crippen LogP contribution in [-0.2, 0) is 0 Å². The topological polar surface area (TPSA) is 12.0 Å². The molecule has 0 aromatic rings. The number of unbranched alkanes of at least 4 members (excludes halogenated alkanes) is 4. The summed E-state index contributed by atoms with van der Waals surface area (Å²) in [6, 6.07) is 0.756. The van der Waals surface area contributed by atoms with Gasteiger partial charge in [0.05, 0.1) is 0 Å². The molecule has 16 heavy (non-hydrogen) atoms. The Balaban J connectivity index is 1.94. The fourth-order valence-electron chi connectivity index (χ4n) is 2.86. The van der Waals surface area contributed by atoms with E-state index < -0.39 is 0 Å². The minimum atomic E-state index is 0.756. The maximum Gasteiger partial charge on any atom is 0.00669 e. The Labute approximate surface area is 102 Å². The molecule has 0 bridgehead atoms. The van der Waals surface area contributed by atoms with E-state index in [9.17, 15) is 0 Å². The molecule has 1 N–H and O–H groups in total. The number of hydrogen-bond acceptors (Lipinski definition) is 1. The predicted octanol–water partition coefficient (Wildman–Crippen LogP) is 4.52. The lowest BCUT2D eigenvalue weighted by Crippen LogP contribution is -2.35. The third-order valence-corrected chi connectivity index (χ3v) is 4.10. The highest BCUT2D eigenvalue weighted by atomic mass is 14.9. The highest BCUT2D eigenvalue weighted by Crippen LogP contribution is 2.26. The molecule has 1 heteroatoms. The standard InChI is InChI=1S/C15H31N/c1-3-4-5-6-10-13-16-14(2)15-11-8-7-9-12-15/h14-16H,3-13H2,1-2H3/t14-/m0/s1. The minimum Gasteiger partial charge on any atom is -0.314 e. The molecule has 0 heterocycles. The molecule has 0 aromatic heterocycles. The number of hydrogen-bond donors (Lipinski definition) is 1. The van der Waals surface area contributed by atoms with Gasteiger partial charge in [-0.05, 0) is 38.6 Å². The summed E-state index contributed by atoms with van der Waals surface area (Å²) in [4.78, 5) is 0. The molecule has 0 spiro atoms. The van der Waals surface area contributed by atoms with Crippen LogP contribution < -0.4 is 5.32 Å². The molecule has 0 amide bonds. The van der Waals surface area contributed by atoms with Gasteiger partial charge in [0.25, 0.3) is 0 Å². The third kappa shape index (κ3) is 5.89. The number of rotatable bonds is 8. The van der Waals surface area contributed by atoms with E-state index in [4.69, 9.17) is 0 Å². The van der Waals surface area contributed by atoms with Gasteiger partial charge in [-0.2, -0.15) is 0 Å². The van der Waals surface area contributed by atoms with Crippen LogP contribution in [0.2, 0.25) is 0 Å². The second-order valence-corrected chi connectivity index (χ2v) is 5.56. The van der Waals surface area contributed by atoms with Crippen molar-refractivity contribution in [1.29, 1.82) is 0 Å². The van der Waals surface area contributed by atoms with Crippen molar-refractivity contribution in [1.82, 2.24) is 5.32 Å².